The summed E-state index contributed by atoms with van der Waals surface area (Å²) in [6, 6.07) is 16.5. The Balaban J connectivity index is 1.41. The lowest BCUT2D eigenvalue weighted by Gasteiger charge is -2.29. The summed E-state index contributed by atoms with van der Waals surface area (Å²) >= 11 is 0. The van der Waals surface area contributed by atoms with Crippen molar-refractivity contribution in [1.82, 2.24) is 19.8 Å². The van der Waals surface area contributed by atoms with Crippen LogP contribution in [0.15, 0.2) is 54.9 Å². The number of nitrogens with one attached hydrogen (secondary N) is 1. The zero-order valence-electron chi connectivity index (χ0n) is 16.5. The van der Waals surface area contributed by atoms with E-state index in [9.17, 15) is 4.79 Å². The number of imidazole rings is 1. The largest absolute Gasteiger partial charge is 0.337 e. The number of benzene rings is 2. The SMILES string of the molecule is CN1CCC(c2cccc3c2ncn3C(=O)NCCCc2ccccc2)CC1. The Bertz CT molecular complexity index is 926. The second kappa shape index (κ2) is 8.57. The van der Waals surface area contributed by atoms with Crippen molar-refractivity contribution in [3.63, 3.8) is 0 Å². The zero-order chi connectivity index (χ0) is 19.3. The number of amides is 1. The monoisotopic (exact) mass is 376 g/mol. The van der Waals surface area contributed by atoms with Crippen LogP contribution in [-0.4, -0.2) is 47.2 Å². The van der Waals surface area contributed by atoms with E-state index in [-0.39, 0.29) is 6.03 Å². The number of aromatic nitrogens is 2. The molecule has 0 spiro atoms. The standard InChI is InChI=1S/C23H28N4O/c1-26-15-12-19(13-16-26)20-10-5-11-21-22(20)25-17-27(21)23(28)24-14-6-9-18-7-3-2-4-8-18/h2-5,7-8,10-11,17,19H,6,9,12-16H2,1H3,(H,24,28). The van der Waals surface area contributed by atoms with Gasteiger partial charge in [0.1, 0.15) is 6.33 Å². The molecule has 0 bridgehead atoms. The predicted molar refractivity (Wildman–Crippen MR) is 113 cm³/mol. The smallest absolute Gasteiger partial charge is 0.327 e. The van der Waals surface area contributed by atoms with Crippen molar-refractivity contribution in [3.8, 4) is 0 Å². The van der Waals surface area contributed by atoms with Crippen LogP contribution in [0.1, 0.15) is 36.3 Å². The molecule has 0 saturated carbocycles. The Morgan fingerprint density at radius 3 is 2.68 bits per heavy atom. The second-order valence-corrected chi connectivity index (χ2v) is 7.73. The van der Waals surface area contributed by atoms with Crippen molar-refractivity contribution < 1.29 is 4.79 Å². The minimum Gasteiger partial charge on any atom is -0.337 e. The Hall–Kier alpha value is -2.66. The highest BCUT2D eigenvalue weighted by molar-refractivity contribution is 5.90. The summed E-state index contributed by atoms with van der Waals surface area (Å²) in [6.45, 7) is 2.88. The highest BCUT2D eigenvalue weighted by Crippen LogP contribution is 2.32. The number of likely N-dealkylation sites (tertiary alicyclic amines) is 1. The molecule has 0 aliphatic carbocycles. The minimum absolute atomic E-state index is 0.101. The van der Waals surface area contributed by atoms with Crippen LogP contribution in [0.25, 0.3) is 11.0 Å². The van der Waals surface area contributed by atoms with Gasteiger partial charge in [0, 0.05) is 6.54 Å². The number of fused-ring (bicyclic) bond motifs is 1. The summed E-state index contributed by atoms with van der Waals surface area (Å²) in [7, 11) is 2.17. The molecule has 1 N–H and O–H groups in total. The van der Waals surface area contributed by atoms with Crippen molar-refractivity contribution >= 4 is 17.1 Å². The molecule has 146 valence electrons. The molecular weight excluding hydrogens is 348 g/mol. The fraction of sp³-hybridized carbons (Fsp3) is 0.391. The van der Waals surface area contributed by atoms with Crippen molar-refractivity contribution in [2.45, 2.75) is 31.6 Å². The van der Waals surface area contributed by atoms with Crippen LogP contribution in [0.5, 0.6) is 0 Å². The maximum absolute atomic E-state index is 12.7. The maximum Gasteiger partial charge on any atom is 0.327 e. The zero-order valence-corrected chi connectivity index (χ0v) is 16.5. The highest BCUT2D eigenvalue weighted by atomic mass is 16.2. The number of nitrogens with zero attached hydrogens (tertiary/aromatic N) is 3. The molecule has 1 aliphatic heterocycles. The molecule has 0 unspecified atom stereocenters. The molecular formula is C23H28N4O. The van der Waals surface area contributed by atoms with Gasteiger partial charge in [-0.1, -0.05) is 42.5 Å². The third-order valence-electron chi connectivity index (χ3n) is 5.75. The van der Waals surface area contributed by atoms with Crippen LogP contribution in [0.2, 0.25) is 0 Å². The molecule has 1 aromatic heterocycles. The summed E-state index contributed by atoms with van der Waals surface area (Å²) < 4.78 is 1.65. The van der Waals surface area contributed by atoms with Crippen LogP contribution < -0.4 is 5.32 Å². The third kappa shape index (κ3) is 4.09. The fourth-order valence-corrected chi connectivity index (χ4v) is 4.09. The summed E-state index contributed by atoms with van der Waals surface area (Å²) in [4.78, 5) is 19.6. The van der Waals surface area contributed by atoms with Crippen LogP contribution in [0.3, 0.4) is 0 Å². The number of hydrogen-bond donors (Lipinski definition) is 1. The normalized spacial score (nSPS) is 15.8. The van der Waals surface area contributed by atoms with Gasteiger partial charge >= 0.3 is 6.03 Å². The van der Waals surface area contributed by atoms with Crippen LogP contribution in [0.4, 0.5) is 4.79 Å². The molecule has 2 heterocycles. The summed E-state index contributed by atoms with van der Waals surface area (Å²) in [5.41, 5.74) is 4.45. The Morgan fingerprint density at radius 1 is 1.11 bits per heavy atom. The molecule has 1 fully saturated rings. The van der Waals surface area contributed by atoms with Gasteiger partial charge in [0.15, 0.2) is 0 Å². The minimum atomic E-state index is -0.101. The quantitative estimate of drug-likeness (QED) is 0.684. The van der Waals surface area contributed by atoms with Crippen molar-refractivity contribution in [3.05, 3.63) is 66.0 Å². The lowest BCUT2D eigenvalue weighted by molar-refractivity contribution is 0.243. The predicted octanol–water partition coefficient (Wildman–Crippen LogP) is 4.04. The van der Waals surface area contributed by atoms with E-state index in [0.717, 1.165) is 49.8 Å². The van der Waals surface area contributed by atoms with E-state index in [1.807, 2.05) is 24.3 Å². The number of hydrogen-bond acceptors (Lipinski definition) is 3. The lowest BCUT2D eigenvalue weighted by atomic mass is 9.89. The number of carbonyl (C=O) groups excluding carboxylic acids is 1. The average molecular weight is 377 g/mol. The van der Waals surface area contributed by atoms with E-state index in [1.165, 1.54) is 11.1 Å². The van der Waals surface area contributed by atoms with Crippen LogP contribution >= 0.6 is 0 Å². The summed E-state index contributed by atoms with van der Waals surface area (Å²) in [5.74, 6) is 0.525. The first-order valence-electron chi connectivity index (χ1n) is 10.2. The first-order chi connectivity index (χ1) is 13.7. The first kappa shape index (κ1) is 18.7. The highest BCUT2D eigenvalue weighted by Gasteiger charge is 2.22. The van der Waals surface area contributed by atoms with Gasteiger partial charge in [0.05, 0.1) is 11.0 Å². The fourth-order valence-electron chi connectivity index (χ4n) is 4.09. The molecule has 1 amide bonds. The number of rotatable bonds is 5. The third-order valence-corrected chi connectivity index (χ3v) is 5.75. The Kier molecular flexibility index (Phi) is 5.72. The number of carbonyl (C=O) groups is 1. The topological polar surface area (TPSA) is 50.2 Å². The molecule has 4 rings (SSSR count). The lowest BCUT2D eigenvalue weighted by Crippen LogP contribution is -2.29. The Morgan fingerprint density at radius 2 is 1.89 bits per heavy atom. The summed E-state index contributed by atoms with van der Waals surface area (Å²) in [5, 5.41) is 3.03. The maximum atomic E-state index is 12.7. The van der Waals surface area contributed by atoms with Gasteiger partial charge in [-0.25, -0.2) is 9.78 Å². The van der Waals surface area contributed by atoms with Gasteiger partial charge in [-0.15, -0.1) is 0 Å². The van der Waals surface area contributed by atoms with Gasteiger partial charge in [-0.05, 0) is 68.9 Å². The number of aryl methyl sites for hydroxylation is 1. The van der Waals surface area contributed by atoms with E-state index in [0.29, 0.717) is 12.5 Å². The molecule has 5 heteroatoms. The average Bonchev–Trinajstić information content (AvgIpc) is 3.17. The molecule has 0 radical (unpaired) electrons. The van der Waals surface area contributed by atoms with Gasteiger partial charge in [0.25, 0.3) is 0 Å². The van der Waals surface area contributed by atoms with E-state index < -0.39 is 0 Å². The second-order valence-electron chi connectivity index (χ2n) is 7.73. The van der Waals surface area contributed by atoms with Crippen molar-refractivity contribution in [2.75, 3.05) is 26.7 Å². The van der Waals surface area contributed by atoms with E-state index in [1.54, 1.807) is 10.9 Å². The van der Waals surface area contributed by atoms with E-state index >= 15 is 0 Å². The van der Waals surface area contributed by atoms with Crippen LogP contribution in [0, 0.1) is 0 Å². The van der Waals surface area contributed by atoms with Gasteiger partial charge < -0.3 is 10.2 Å². The molecule has 3 aromatic rings. The Labute approximate surface area is 166 Å². The van der Waals surface area contributed by atoms with Gasteiger partial charge in [-0.2, -0.15) is 0 Å². The molecule has 28 heavy (non-hydrogen) atoms. The molecule has 2 aromatic carbocycles. The molecule has 1 aliphatic rings. The first-order valence-corrected chi connectivity index (χ1v) is 10.2. The van der Waals surface area contributed by atoms with Gasteiger partial charge in [-0.3, -0.25) is 4.57 Å². The van der Waals surface area contributed by atoms with Gasteiger partial charge in [0.2, 0.25) is 0 Å². The van der Waals surface area contributed by atoms with E-state index in [4.69, 9.17) is 0 Å². The van der Waals surface area contributed by atoms with E-state index in [2.05, 4.69) is 46.5 Å². The van der Waals surface area contributed by atoms with Crippen molar-refractivity contribution in [1.29, 1.82) is 0 Å². The molecule has 1 saturated heterocycles. The number of para-hydroxylation sites is 1. The molecule has 5 nitrogen and oxygen atoms in total. The van der Waals surface area contributed by atoms with Crippen LogP contribution in [-0.2, 0) is 6.42 Å². The summed E-state index contributed by atoms with van der Waals surface area (Å²) in [6.07, 6.45) is 5.84. The van der Waals surface area contributed by atoms with Crippen molar-refractivity contribution in [2.24, 2.45) is 0 Å². The number of piperidine rings is 1. The molecule has 0 atom stereocenters.